The van der Waals surface area contributed by atoms with E-state index in [1.165, 1.54) is 12.1 Å². The Labute approximate surface area is 213 Å². The Hall–Kier alpha value is -3.20. The fraction of sp³-hybridized carbons (Fsp3) is 0.464. The highest BCUT2D eigenvalue weighted by atomic mass is 19.3. The molecule has 1 saturated carbocycles. The Morgan fingerprint density at radius 1 is 1.19 bits per heavy atom. The van der Waals surface area contributed by atoms with Crippen LogP contribution >= 0.6 is 0 Å². The van der Waals surface area contributed by atoms with Crippen LogP contribution in [0.25, 0.3) is 10.9 Å². The van der Waals surface area contributed by atoms with E-state index in [1.807, 2.05) is 30.9 Å². The third kappa shape index (κ3) is 3.95. The van der Waals surface area contributed by atoms with Crippen molar-refractivity contribution in [2.24, 2.45) is 0 Å². The summed E-state index contributed by atoms with van der Waals surface area (Å²) in [5.41, 5.74) is -1.60. The summed E-state index contributed by atoms with van der Waals surface area (Å²) < 4.78 is 45.0. The first kappa shape index (κ1) is 25.4. The molecule has 1 atom stereocenters. The Kier molecular flexibility index (Phi) is 5.60. The molecule has 2 aromatic carbocycles. The van der Waals surface area contributed by atoms with Crippen LogP contribution in [-0.2, 0) is 16.1 Å². The number of benzene rings is 2. The van der Waals surface area contributed by atoms with E-state index >= 15 is 4.39 Å². The Morgan fingerprint density at radius 2 is 1.86 bits per heavy atom. The zero-order valence-electron chi connectivity index (χ0n) is 21.8. The zero-order chi connectivity index (χ0) is 27.1. The van der Waals surface area contributed by atoms with Crippen molar-refractivity contribution in [1.82, 2.24) is 9.97 Å². The maximum absolute atomic E-state index is 15.4. The molecule has 0 radical (unpaired) electrons. The summed E-state index contributed by atoms with van der Waals surface area (Å²) in [5.74, 6) is -3.93. The molecule has 1 aromatic heterocycles. The van der Waals surface area contributed by atoms with Gasteiger partial charge in [-0.1, -0.05) is 12.1 Å². The maximum atomic E-state index is 15.4. The number of hydrogen-bond acceptors (Lipinski definition) is 5. The molecule has 2 aliphatic rings. The number of fused-ring (bicyclic) bond motifs is 2. The van der Waals surface area contributed by atoms with Gasteiger partial charge in [-0.05, 0) is 78.1 Å². The molecule has 196 valence electrons. The number of carbonyl (C=O) groups excluding carboxylic acids is 1. The van der Waals surface area contributed by atoms with Crippen molar-refractivity contribution in [2.75, 3.05) is 10.2 Å². The Morgan fingerprint density at radius 3 is 2.49 bits per heavy atom. The van der Waals surface area contributed by atoms with Crippen LogP contribution in [0.1, 0.15) is 76.0 Å². The number of alkyl halides is 2. The molecule has 3 aromatic rings. The van der Waals surface area contributed by atoms with Gasteiger partial charge in [0.2, 0.25) is 5.91 Å². The SMILES string of the molecule is Cc1nc(N[C@H](C)c2cccc(C(F)(F)C(C)(C)O)c2F)c2cc3c(cc2n1)C(C)(C)C(=O)N3C1CC1. The van der Waals surface area contributed by atoms with Gasteiger partial charge in [0.15, 0.2) is 0 Å². The second-order valence-electron chi connectivity index (χ2n) is 11.2. The van der Waals surface area contributed by atoms with Crippen molar-refractivity contribution < 1.29 is 23.1 Å². The largest absolute Gasteiger partial charge is 0.384 e. The highest BCUT2D eigenvalue weighted by molar-refractivity contribution is 6.11. The molecule has 1 aliphatic carbocycles. The fourth-order valence-electron chi connectivity index (χ4n) is 5.05. The van der Waals surface area contributed by atoms with E-state index in [0.29, 0.717) is 22.5 Å². The molecular formula is C28H31F3N4O2. The summed E-state index contributed by atoms with van der Waals surface area (Å²) in [7, 11) is 0. The number of aromatic nitrogens is 2. The predicted molar refractivity (Wildman–Crippen MR) is 136 cm³/mol. The van der Waals surface area contributed by atoms with Crippen molar-refractivity contribution in [2.45, 2.75) is 83.4 Å². The quantitative estimate of drug-likeness (QED) is 0.430. The summed E-state index contributed by atoms with van der Waals surface area (Å²) >= 11 is 0. The molecule has 1 fully saturated rings. The van der Waals surface area contributed by atoms with Crippen LogP contribution in [0.5, 0.6) is 0 Å². The Bertz CT molecular complexity index is 1430. The molecule has 0 unspecified atom stereocenters. The van der Waals surface area contributed by atoms with Gasteiger partial charge in [-0.2, -0.15) is 8.78 Å². The highest BCUT2D eigenvalue weighted by Gasteiger charge is 2.50. The van der Waals surface area contributed by atoms with Crippen LogP contribution < -0.4 is 10.2 Å². The number of hydrogen-bond donors (Lipinski definition) is 2. The lowest BCUT2D eigenvalue weighted by molar-refractivity contribution is -0.170. The van der Waals surface area contributed by atoms with Gasteiger partial charge in [-0.3, -0.25) is 4.79 Å². The van der Waals surface area contributed by atoms with Crippen molar-refractivity contribution in [3.8, 4) is 0 Å². The number of anilines is 2. The summed E-state index contributed by atoms with van der Waals surface area (Å²) in [6.07, 6.45) is 1.91. The van der Waals surface area contributed by atoms with Crippen molar-refractivity contribution in [3.05, 3.63) is 58.7 Å². The van der Waals surface area contributed by atoms with Gasteiger partial charge in [0.05, 0.1) is 22.5 Å². The highest BCUT2D eigenvalue weighted by Crippen LogP contribution is 2.48. The summed E-state index contributed by atoms with van der Waals surface area (Å²) in [6, 6.07) is 7.04. The number of amides is 1. The van der Waals surface area contributed by atoms with Crippen LogP contribution in [-0.4, -0.2) is 32.6 Å². The van der Waals surface area contributed by atoms with E-state index in [0.717, 1.165) is 44.0 Å². The number of nitrogens with one attached hydrogen (secondary N) is 1. The molecular weight excluding hydrogens is 481 g/mol. The molecule has 1 amide bonds. The van der Waals surface area contributed by atoms with Crippen LogP contribution in [0.2, 0.25) is 0 Å². The predicted octanol–water partition coefficient (Wildman–Crippen LogP) is 5.90. The van der Waals surface area contributed by atoms with Crippen molar-refractivity contribution in [1.29, 1.82) is 0 Å². The lowest BCUT2D eigenvalue weighted by Crippen LogP contribution is -2.41. The second-order valence-corrected chi connectivity index (χ2v) is 11.2. The smallest absolute Gasteiger partial charge is 0.303 e. The summed E-state index contributed by atoms with van der Waals surface area (Å²) in [4.78, 5) is 24.2. The molecule has 9 heteroatoms. The molecule has 0 bridgehead atoms. The van der Waals surface area contributed by atoms with Gasteiger partial charge in [0, 0.05) is 22.7 Å². The van der Waals surface area contributed by atoms with Crippen LogP contribution in [0.4, 0.5) is 24.7 Å². The maximum Gasteiger partial charge on any atom is 0.303 e. The fourth-order valence-corrected chi connectivity index (χ4v) is 5.05. The summed E-state index contributed by atoms with van der Waals surface area (Å²) in [6.45, 7) is 9.12. The zero-order valence-corrected chi connectivity index (χ0v) is 21.8. The van der Waals surface area contributed by atoms with Crippen LogP contribution in [0.15, 0.2) is 30.3 Å². The minimum atomic E-state index is -3.79. The van der Waals surface area contributed by atoms with E-state index in [9.17, 15) is 18.7 Å². The number of rotatable bonds is 6. The van der Waals surface area contributed by atoms with Crippen LogP contribution in [0.3, 0.4) is 0 Å². The van der Waals surface area contributed by atoms with Gasteiger partial charge < -0.3 is 15.3 Å². The molecule has 6 nitrogen and oxygen atoms in total. The topological polar surface area (TPSA) is 78.4 Å². The molecule has 0 saturated heterocycles. The van der Waals surface area contributed by atoms with E-state index in [2.05, 4.69) is 15.3 Å². The third-order valence-corrected chi connectivity index (χ3v) is 7.48. The standard InChI is InChI=1S/C28H31F3N4O2/c1-14(17-8-7-9-19(23(17)29)28(30,31)27(5,6)37)32-24-18-12-22-20(13-21(18)33-15(2)34-24)26(3,4)25(36)35(22)16-10-11-16/h7-9,12-14,16,37H,10-11H2,1-6H3,(H,32,33,34)/t14-/m1/s1. The lowest BCUT2D eigenvalue weighted by atomic mass is 9.85. The van der Waals surface area contributed by atoms with Crippen LogP contribution in [0, 0.1) is 12.7 Å². The lowest BCUT2D eigenvalue weighted by Gasteiger charge is -2.30. The molecule has 0 spiro atoms. The number of nitrogens with zero attached hydrogens (tertiary/aromatic N) is 3. The van der Waals surface area contributed by atoms with Gasteiger partial charge in [0.1, 0.15) is 23.1 Å². The average Bonchev–Trinajstić information content (AvgIpc) is 3.60. The molecule has 2 heterocycles. The second kappa shape index (κ2) is 8.15. The first-order valence-electron chi connectivity index (χ1n) is 12.5. The van der Waals surface area contributed by atoms with E-state index in [4.69, 9.17) is 0 Å². The molecule has 2 N–H and O–H groups in total. The van der Waals surface area contributed by atoms with Gasteiger partial charge in [-0.25, -0.2) is 14.4 Å². The third-order valence-electron chi connectivity index (χ3n) is 7.48. The summed E-state index contributed by atoms with van der Waals surface area (Å²) in [5, 5.41) is 13.8. The van der Waals surface area contributed by atoms with E-state index in [-0.39, 0.29) is 17.5 Å². The number of aryl methyl sites for hydroxylation is 1. The number of halogens is 3. The van der Waals surface area contributed by atoms with Gasteiger partial charge >= 0.3 is 5.92 Å². The van der Waals surface area contributed by atoms with Gasteiger partial charge in [0.25, 0.3) is 0 Å². The monoisotopic (exact) mass is 512 g/mol. The minimum absolute atomic E-state index is 0.0166. The van der Waals surface area contributed by atoms with Crippen molar-refractivity contribution in [3.63, 3.8) is 0 Å². The van der Waals surface area contributed by atoms with Gasteiger partial charge in [-0.15, -0.1) is 0 Å². The molecule has 5 rings (SSSR count). The molecule has 1 aliphatic heterocycles. The van der Waals surface area contributed by atoms with E-state index < -0.39 is 34.4 Å². The molecule has 37 heavy (non-hydrogen) atoms. The first-order chi connectivity index (χ1) is 17.1. The average molecular weight is 513 g/mol. The first-order valence-corrected chi connectivity index (χ1v) is 12.5. The number of carbonyl (C=O) groups is 1. The minimum Gasteiger partial charge on any atom is -0.384 e. The Balaban J connectivity index is 1.58. The van der Waals surface area contributed by atoms with E-state index in [1.54, 1.807) is 13.8 Å². The normalized spacial score (nSPS) is 18.3. The van der Waals surface area contributed by atoms with Crippen molar-refractivity contribution >= 4 is 28.3 Å². The number of aliphatic hydroxyl groups is 1.